The predicted molar refractivity (Wildman–Crippen MR) is 174 cm³/mol. The van der Waals surface area contributed by atoms with E-state index in [4.69, 9.17) is 4.74 Å². The van der Waals surface area contributed by atoms with Gasteiger partial charge in [0.1, 0.15) is 12.6 Å². The van der Waals surface area contributed by atoms with Crippen molar-refractivity contribution in [3.8, 4) is 0 Å². The minimum absolute atomic E-state index is 0.192. The molecule has 224 valence electrons. The summed E-state index contributed by atoms with van der Waals surface area (Å²) < 4.78 is 8.37. The number of fused-ring (bicyclic) bond motifs is 7. The van der Waals surface area contributed by atoms with Crippen molar-refractivity contribution in [3.63, 3.8) is 0 Å². The maximum absolute atomic E-state index is 7.14. The molecule has 1 N–H and O–H groups in total. The SMILES string of the molecule is C/C=C1/CN2CCc3c([nH]c4ccccc34)[C@@H]2C[C@@H]1C1=CN2c3ccccc3[C@@]34CC[N+]5(C)CC6=CCO[C@@H]1[C@@H]([C@H]23)[C@H]6C[C@@H]45. The summed E-state index contributed by atoms with van der Waals surface area (Å²) in [4.78, 5) is 9.49. The third-order valence-corrected chi connectivity index (χ3v) is 14.1. The van der Waals surface area contributed by atoms with Crippen LogP contribution in [-0.2, 0) is 16.6 Å². The first kappa shape index (κ1) is 25.1. The van der Waals surface area contributed by atoms with Gasteiger partial charge in [-0.1, -0.05) is 54.1 Å². The molecule has 3 aromatic rings. The third-order valence-electron chi connectivity index (χ3n) is 14.1. The Labute approximate surface area is 260 Å². The highest BCUT2D eigenvalue weighted by Crippen LogP contribution is 2.68. The van der Waals surface area contributed by atoms with Crippen LogP contribution < -0.4 is 4.90 Å². The Balaban J connectivity index is 1.09. The first-order valence-electron chi connectivity index (χ1n) is 17.3. The van der Waals surface area contributed by atoms with E-state index >= 15 is 0 Å². The molecule has 1 aliphatic carbocycles. The molecule has 8 aliphatic rings. The van der Waals surface area contributed by atoms with Gasteiger partial charge in [-0.15, -0.1) is 0 Å². The Hall–Kier alpha value is -3.12. The standard InChI is InChI=1S/C39H43N4O/c1-3-23-20-41-15-12-26-25-8-4-6-10-31(25)40-36(26)33(41)18-27(23)29-21-42-32-11-7-5-9-30(32)39-14-16-43(2)22-24-13-17-44-37(29)35(38(39)42)28(24)19-34(39)43/h3-11,13,21,27-28,33-35,37-38,40H,12,14-20,22H2,1-2H3/q+1/b23-3-/t27-,28-,33-,34-,35-,37-,38-,39+,43?/m0/s1. The lowest BCUT2D eigenvalue weighted by molar-refractivity contribution is -0.925. The number of nitrogens with zero attached hydrogens (tertiary/aromatic N) is 3. The highest BCUT2D eigenvalue weighted by Gasteiger charge is 2.74. The number of quaternary nitrogens is 1. The fraction of sp³-hybridized carbons (Fsp3) is 0.487. The molecule has 9 atom stereocenters. The molecule has 2 bridgehead atoms. The largest absolute Gasteiger partial charge is 0.369 e. The van der Waals surface area contributed by atoms with Crippen molar-refractivity contribution in [2.24, 2.45) is 17.8 Å². The molecule has 44 heavy (non-hydrogen) atoms. The Bertz CT molecular complexity index is 1850. The Morgan fingerprint density at radius 3 is 2.91 bits per heavy atom. The quantitative estimate of drug-likeness (QED) is 0.272. The van der Waals surface area contributed by atoms with Gasteiger partial charge in [0, 0.05) is 66.3 Å². The second-order valence-corrected chi connectivity index (χ2v) is 15.6. The molecule has 1 saturated carbocycles. The normalized spacial score (nSPS) is 42.0. The molecule has 7 aliphatic heterocycles. The molecule has 4 fully saturated rings. The van der Waals surface area contributed by atoms with E-state index in [1.807, 2.05) is 0 Å². The summed E-state index contributed by atoms with van der Waals surface area (Å²) in [5, 5.41) is 1.43. The van der Waals surface area contributed by atoms with Crippen LogP contribution in [0, 0.1) is 17.8 Å². The number of likely N-dealkylation sites (N-methyl/N-ethyl adjacent to an activating group) is 1. The van der Waals surface area contributed by atoms with Gasteiger partial charge in [-0.25, -0.2) is 0 Å². The van der Waals surface area contributed by atoms with E-state index in [-0.39, 0.29) is 11.5 Å². The highest BCUT2D eigenvalue weighted by molar-refractivity contribution is 5.85. The van der Waals surface area contributed by atoms with Crippen LogP contribution in [0.4, 0.5) is 5.69 Å². The lowest BCUT2D eigenvalue weighted by Gasteiger charge is -2.60. The summed E-state index contributed by atoms with van der Waals surface area (Å²) in [6, 6.07) is 20.1. The van der Waals surface area contributed by atoms with Crippen molar-refractivity contribution in [1.82, 2.24) is 9.88 Å². The van der Waals surface area contributed by atoms with Crippen LogP contribution >= 0.6 is 0 Å². The molecule has 0 radical (unpaired) electrons. The van der Waals surface area contributed by atoms with Crippen LogP contribution in [-0.4, -0.2) is 72.4 Å². The number of anilines is 1. The molecular formula is C39H43N4O+. The zero-order valence-electron chi connectivity index (χ0n) is 26.0. The van der Waals surface area contributed by atoms with Gasteiger partial charge in [0.25, 0.3) is 0 Å². The van der Waals surface area contributed by atoms with Gasteiger partial charge in [0.05, 0.1) is 43.8 Å². The van der Waals surface area contributed by atoms with Crippen LogP contribution in [0.2, 0.25) is 0 Å². The molecule has 8 heterocycles. The van der Waals surface area contributed by atoms with Crippen molar-refractivity contribution in [3.05, 3.63) is 100 Å². The lowest BCUT2D eigenvalue weighted by atomic mass is 9.52. The van der Waals surface area contributed by atoms with Crippen LogP contribution in [0.1, 0.15) is 49.0 Å². The van der Waals surface area contributed by atoms with Crippen molar-refractivity contribution in [2.75, 3.05) is 44.7 Å². The third kappa shape index (κ3) is 2.85. The number of hydrogen-bond donors (Lipinski definition) is 1. The molecule has 1 unspecified atom stereocenters. The molecule has 1 aromatic heterocycles. The number of benzene rings is 2. The number of nitrogens with one attached hydrogen (secondary N) is 1. The highest BCUT2D eigenvalue weighted by atomic mass is 16.5. The smallest absolute Gasteiger partial charge is 0.102 e. The lowest BCUT2D eigenvalue weighted by Crippen LogP contribution is -2.70. The summed E-state index contributed by atoms with van der Waals surface area (Å²) in [5.74, 6) is 1.56. The Morgan fingerprint density at radius 1 is 1.09 bits per heavy atom. The number of ether oxygens (including phenoxy) is 1. The second kappa shape index (κ2) is 8.37. The molecule has 5 heteroatoms. The second-order valence-electron chi connectivity index (χ2n) is 15.6. The molecule has 2 aromatic carbocycles. The summed E-state index contributed by atoms with van der Waals surface area (Å²) in [6.07, 6.45) is 12.7. The van der Waals surface area contributed by atoms with Gasteiger partial charge in [0.2, 0.25) is 0 Å². The van der Waals surface area contributed by atoms with E-state index < -0.39 is 0 Å². The fourth-order valence-electron chi connectivity index (χ4n) is 12.5. The number of aromatic amines is 1. The van der Waals surface area contributed by atoms with Gasteiger partial charge >= 0.3 is 0 Å². The first-order valence-corrected chi connectivity index (χ1v) is 17.3. The number of H-pyrrole nitrogens is 1. The number of para-hydroxylation sites is 2. The number of rotatable bonds is 1. The maximum Gasteiger partial charge on any atom is 0.102 e. The predicted octanol–water partition coefficient (Wildman–Crippen LogP) is 6.25. The minimum Gasteiger partial charge on any atom is -0.369 e. The van der Waals surface area contributed by atoms with Gasteiger partial charge in [-0.3, -0.25) is 4.90 Å². The monoisotopic (exact) mass is 583 g/mol. The van der Waals surface area contributed by atoms with E-state index in [1.54, 1.807) is 27.8 Å². The molecule has 3 saturated heterocycles. The summed E-state index contributed by atoms with van der Waals surface area (Å²) in [7, 11) is 2.57. The number of allylic oxidation sites excluding steroid dienone is 1. The Kier molecular flexibility index (Phi) is 4.78. The molecule has 5 nitrogen and oxygen atoms in total. The van der Waals surface area contributed by atoms with Crippen molar-refractivity contribution in [1.29, 1.82) is 0 Å². The number of hydrogen-bond acceptors (Lipinski definition) is 3. The average molecular weight is 584 g/mol. The first-order chi connectivity index (χ1) is 21.6. The van der Waals surface area contributed by atoms with E-state index in [1.165, 1.54) is 52.7 Å². The van der Waals surface area contributed by atoms with Gasteiger partial charge in [0.15, 0.2) is 0 Å². The summed E-state index contributed by atoms with van der Waals surface area (Å²) >= 11 is 0. The maximum atomic E-state index is 7.14. The summed E-state index contributed by atoms with van der Waals surface area (Å²) in [6.45, 7) is 7.78. The molecule has 0 amide bonds. The van der Waals surface area contributed by atoms with Crippen LogP contribution in [0.15, 0.2) is 83.6 Å². The van der Waals surface area contributed by atoms with Gasteiger partial charge in [-0.2, -0.15) is 0 Å². The summed E-state index contributed by atoms with van der Waals surface area (Å²) in [5.41, 5.74) is 12.5. The zero-order chi connectivity index (χ0) is 28.9. The molecule has 1 spiro atoms. The zero-order valence-corrected chi connectivity index (χ0v) is 26.0. The van der Waals surface area contributed by atoms with Crippen molar-refractivity contribution in [2.45, 2.75) is 62.3 Å². The number of aromatic nitrogens is 1. The van der Waals surface area contributed by atoms with Gasteiger partial charge < -0.3 is 19.1 Å². The van der Waals surface area contributed by atoms with Crippen molar-refractivity contribution >= 4 is 16.6 Å². The number of piperidine rings is 2. The fourth-order valence-corrected chi connectivity index (χ4v) is 12.5. The minimum atomic E-state index is 0.192. The van der Waals surface area contributed by atoms with Crippen LogP contribution in [0.25, 0.3) is 10.9 Å². The average Bonchev–Trinajstić information content (AvgIpc) is 3.64. The van der Waals surface area contributed by atoms with Crippen LogP contribution in [0.3, 0.4) is 0 Å². The van der Waals surface area contributed by atoms with E-state index in [2.05, 4.69) is 95.6 Å². The van der Waals surface area contributed by atoms with E-state index in [9.17, 15) is 0 Å². The van der Waals surface area contributed by atoms with Crippen LogP contribution in [0.5, 0.6) is 0 Å². The molecular weight excluding hydrogens is 540 g/mol. The molecule has 11 rings (SSSR count). The van der Waals surface area contributed by atoms with Gasteiger partial charge in [-0.05, 0) is 60.1 Å². The topological polar surface area (TPSA) is 31.5 Å². The Morgan fingerprint density at radius 2 is 1.98 bits per heavy atom. The van der Waals surface area contributed by atoms with E-state index in [0.29, 0.717) is 35.9 Å². The van der Waals surface area contributed by atoms with Crippen molar-refractivity contribution < 1.29 is 9.22 Å². The van der Waals surface area contributed by atoms with E-state index in [0.717, 1.165) is 32.5 Å².